The van der Waals surface area contributed by atoms with Crippen molar-refractivity contribution in [3.05, 3.63) is 108 Å². The van der Waals surface area contributed by atoms with Crippen LogP contribution in [0.2, 0.25) is 0 Å². The number of anilines is 1. The normalized spacial score (nSPS) is 18.1. The maximum atomic E-state index is 14.0. The van der Waals surface area contributed by atoms with Crippen LogP contribution in [-0.2, 0) is 9.59 Å². The van der Waals surface area contributed by atoms with Gasteiger partial charge in [-0.3, -0.25) is 14.5 Å². The average Bonchev–Trinajstić information content (AvgIpc) is 3.33. The molecule has 5 nitrogen and oxygen atoms in total. The molecule has 5 rings (SSSR count). The zero-order chi connectivity index (χ0) is 21.5. The number of aromatic nitrogens is 1. The Morgan fingerprint density at radius 1 is 0.935 bits per heavy atom. The largest absolute Gasteiger partial charge is 0.507 e. The van der Waals surface area contributed by atoms with Crippen LogP contribution in [0, 0.1) is 5.82 Å². The van der Waals surface area contributed by atoms with Gasteiger partial charge in [-0.2, -0.15) is 0 Å². The van der Waals surface area contributed by atoms with Crippen LogP contribution in [0.25, 0.3) is 16.7 Å². The molecule has 4 aromatic rings. The van der Waals surface area contributed by atoms with Gasteiger partial charge in [0.25, 0.3) is 11.7 Å². The number of halogens is 1. The summed E-state index contributed by atoms with van der Waals surface area (Å²) in [6.45, 7) is 0. The molecule has 0 aliphatic carbocycles. The number of aliphatic hydroxyl groups excluding tert-OH is 1. The van der Waals surface area contributed by atoms with Gasteiger partial charge in [-0.25, -0.2) is 4.39 Å². The number of carbonyl (C=O) groups is 2. The molecule has 1 unspecified atom stereocenters. The van der Waals surface area contributed by atoms with Crippen molar-refractivity contribution in [3.63, 3.8) is 0 Å². The number of fused-ring (bicyclic) bond motifs is 1. The predicted octanol–water partition coefficient (Wildman–Crippen LogP) is 4.93. The van der Waals surface area contributed by atoms with Gasteiger partial charge in [0.05, 0.1) is 11.6 Å². The lowest BCUT2D eigenvalue weighted by molar-refractivity contribution is -0.132. The number of aromatic amines is 1. The summed E-state index contributed by atoms with van der Waals surface area (Å²) in [5, 5.41) is 11.9. The number of H-pyrrole nitrogens is 1. The lowest BCUT2D eigenvalue weighted by Gasteiger charge is -2.25. The quantitative estimate of drug-likeness (QED) is 0.285. The molecule has 0 bridgehead atoms. The van der Waals surface area contributed by atoms with Gasteiger partial charge in [-0.05, 0) is 24.3 Å². The first-order valence-electron chi connectivity index (χ1n) is 9.74. The lowest BCUT2D eigenvalue weighted by Crippen LogP contribution is -2.29. The Balaban J connectivity index is 1.80. The minimum atomic E-state index is -0.918. The van der Waals surface area contributed by atoms with Crippen molar-refractivity contribution >= 4 is 34.0 Å². The number of hydrogen-bond donors (Lipinski definition) is 2. The van der Waals surface area contributed by atoms with E-state index in [2.05, 4.69) is 4.98 Å². The van der Waals surface area contributed by atoms with Gasteiger partial charge in [0.2, 0.25) is 0 Å². The summed E-state index contributed by atoms with van der Waals surface area (Å²) >= 11 is 0. The number of aliphatic hydroxyl groups is 1. The third-order valence-electron chi connectivity index (χ3n) is 5.49. The van der Waals surface area contributed by atoms with Gasteiger partial charge in [-0.1, -0.05) is 54.6 Å². The smallest absolute Gasteiger partial charge is 0.300 e. The number of carbonyl (C=O) groups excluding carboxylic acids is 2. The van der Waals surface area contributed by atoms with Gasteiger partial charge in [0.15, 0.2) is 0 Å². The van der Waals surface area contributed by atoms with Crippen molar-refractivity contribution in [1.82, 2.24) is 4.98 Å². The van der Waals surface area contributed by atoms with Crippen LogP contribution in [0.15, 0.2) is 90.6 Å². The molecule has 152 valence electrons. The van der Waals surface area contributed by atoms with E-state index in [0.29, 0.717) is 11.1 Å². The number of hydrogen-bond acceptors (Lipinski definition) is 3. The van der Waals surface area contributed by atoms with E-state index in [9.17, 15) is 19.1 Å². The second kappa shape index (κ2) is 7.25. The third-order valence-corrected chi connectivity index (χ3v) is 5.49. The number of Topliss-reactive ketones (excluding diaryl/α,β-unsaturated/α-hetero) is 1. The number of amides is 1. The highest BCUT2D eigenvalue weighted by Crippen LogP contribution is 2.44. The molecule has 0 saturated carbocycles. The van der Waals surface area contributed by atoms with Gasteiger partial charge in [0, 0.05) is 33.9 Å². The van der Waals surface area contributed by atoms with Gasteiger partial charge in [0.1, 0.15) is 11.6 Å². The van der Waals surface area contributed by atoms with E-state index in [-0.39, 0.29) is 17.0 Å². The Morgan fingerprint density at radius 3 is 2.45 bits per heavy atom. The third kappa shape index (κ3) is 3.00. The SMILES string of the molecule is O=C1C(=O)N(c2cccc(F)c2)C(c2c[nH]c3ccccc23)/C1=C(\O)c1ccccc1. The number of rotatable bonds is 3. The van der Waals surface area contributed by atoms with E-state index in [0.717, 1.165) is 10.9 Å². The molecule has 1 aromatic heterocycles. The zero-order valence-corrected chi connectivity index (χ0v) is 16.2. The van der Waals surface area contributed by atoms with Gasteiger partial charge in [-0.15, -0.1) is 0 Å². The van der Waals surface area contributed by atoms with Crippen molar-refractivity contribution in [3.8, 4) is 0 Å². The Kier molecular flexibility index (Phi) is 4.40. The lowest BCUT2D eigenvalue weighted by atomic mass is 9.95. The Morgan fingerprint density at radius 2 is 1.68 bits per heavy atom. The maximum absolute atomic E-state index is 14.0. The van der Waals surface area contributed by atoms with Crippen LogP contribution in [0.1, 0.15) is 17.2 Å². The van der Waals surface area contributed by atoms with Crippen LogP contribution in [-0.4, -0.2) is 21.8 Å². The highest BCUT2D eigenvalue weighted by atomic mass is 19.1. The fourth-order valence-corrected chi connectivity index (χ4v) is 4.09. The van der Waals surface area contributed by atoms with Crippen LogP contribution < -0.4 is 4.90 Å². The van der Waals surface area contributed by atoms with Crippen molar-refractivity contribution in [2.45, 2.75) is 6.04 Å². The molecule has 1 amide bonds. The summed E-state index contributed by atoms with van der Waals surface area (Å²) in [5.74, 6) is -2.44. The van der Waals surface area contributed by atoms with E-state index in [1.54, 1.807) is 42.6 Å². The molecule has 3 aromatic carbocycles. The van der Waals surface area contributed by atoms with Crippen LogP contribution in [0.3, 0.4) is 0 Å². The molecular weight excluding hydrogens is 395 g/mol. The highest BCUT2D eigenvalue weighted by Gasteiger charge is 2.47. The maximum Gasteiger partial charge on any atom is 0.300 e. The average molecular weight is 412 g/mol. The van der Waals surface area contributed by atoms with Crippen LogP contribution in [0.4, 0.5) is 10.1 Å². The molecule has 31 heavy (non-hydrogen) atoms. The van der Waals surface area contributed by atoms with E-state index < -0.39 is 23.5 Å². The second-order valence-corrected chi connectivity index (χ2v) is 7.30. The Hall–Kier alpha value is -4.19. The monoisotopic (exact) mass is 412 g/mol. The summed E-state index contributed by atoms with van der Waals surface area (Å²) in [5.41, 5.74) is 2.08. The molecule has 2 heterocycles. The minimum Gasteiger partial charge on any atom is -0.507 e. The van der Waals surface area contributed by atoms with Crippen molar-refractivity contribution in [1.29, 1.82) is 0 Å². The summed E-state index contributed by atoms with van der Waals surface area (Å²) in [6.07, 6.45) is 1.71. The predicted molar refractivity (Wildman–Crippen MR) is 116 cm³/mol. The molecule has 1 saturated heterocycles. The van der Waals surface area contributed by atoms with E-state index >= 15 is 0 Å². The number of nitrogens with zero attached hydrogens (tertiary/aromatic N) is 1. The molecule has 2 N–H and O–H groups in total. The molecule has 0 spiro atoms. The van der Waals surface area contributed by atoms with Crippen LogP contribution in [0.5, 0.6) is 0 Å². The molecule has 0 radical (unpaired) electrons. The fraction of sp³-hybridized carbons (Fsp3) is 0.0400. The molecule has 1 atom stereocenters. The molecule has 1 aliphatic rings. The van der Waals surface area contributed by atoms with E-state index in [1.807, 2.05) is 24.3 Å². The highest BCUT2D eigenvalue weighted by molar-refractivity contribution is 6.51. The first-order chi connectivity index (χ1) is 15.1. The van der Waals surface area contributed by atoms with Crippen molar-refractivity contribution in [2.75, 3.05) is 4.90 Å². The summed E-state index contributed by atoms with van der Waals surface area (Å²) in [6, 6.07) is 20.7. The topological polar surface area (TPSA) is 73.4 Å². The summed E-state index contributed by atoms with van der Waals surface area (Å²) in [7, 11) is 0. The second-order valence-electron chi connectivity index (χ2n) is 7.30. The van der Waals surface area contributed by atoms with E-state index in [4.69, 9.17) is 0 Å². The Labute approximate surface area is 177 Å². The minimum absolute atomic E-state index is 0.0368. The molecule has 1 aliphatic heterocycles. The summed E-state index contributed by atoms with van der Waals surface area (Å²) < 4.78 is 14.0. The molecule has 1 fully saturated rings. The van der Waals surface area contributed by atoms with Gasteiger partial charge < -0.3 is 10.1 Å². The van der Waals surface area contributed by atoms with Crippen molar-refractivity contribution < 1.29 is 19.1 Å². The van der Waals surface area contributed by atoms with Crippen molar-refractivity contribution in [2.24, 2.45) is 0 Å². The standard InChI is InChI=1S/C25H17FN2O3/c26-16-9-6-10-17(13-16)28-22(19-14-27-20-12-5-4-11-18(19)20)21(24(30)25(28)31)23(29)15-7-2-1-3-8-15/h1-14,22,27,29H/b23-21+. The molecule has 6 heteroatoms. The Bertz CT molecular complexity index is 1360. The van der Waals surface area contributed by atoms with Gasteiger partial charge >= 0.3 is 0 Å². The van der Waals surface area contributed by atoms with E-state index in [1.165, 1.54) is 23.1 Å². The number of nitrogens with one attached hydrogen (secondary N) is 1. The first-order valence-corrected chi connectivity index (χ1v) is 9.74. The zero-order valence-electron chi connectivity index (χ0n) is 16.2. The summed E-state index contributed by atoms with van der Waals surface area (Å²) in [4.78, 5) is 30.6. The fourth-order valence-electron chi connectivity index (χ4n) is 4.09. The first kappa shape index (κ1) is 18.8. The number of ketones is 1. The van der Waals surface area contributed by atoms with Crippen LogP contribution >= 0.6 is 0 Å². The number of para-hydroxylation sites is 1. The number of benzene rings is 3. The molecular formula is C25H17FN2O3.